The third-order valence-corrected chi connectivity index (χ3v) is 3.11. The molecule has 0 unspecified atom stereocenters. The second-order valence-corrected chi connectivity index (χ2v) is 4.09. The summed E-state index contributed by atoms with van der Waals surface area (Å²) in [4.78, 5) is 4.36. The molecule has 0 atom stereocenters. The summed E-state index contributed by atoms with van der Waals surface area (Å²) in [6.07, 6.45) is 1.03. The summed E-state index contributed by atoms with van der Waals surface area (Å²) in [5.41, 5.74) is 3.76. The standard InChI is InChI=1S/C14H15N3/c1-4-11-5-7-12(8-6-11)14-16-13(9-15)10(2)17(14)3/h5-8H,4H2,1-3H3. The lowest BCUT2D eigenvalue weighted by Crippen LogP contribution is -1.95. The summed E-state index contributed by atoms with van der Waals surface area (Å²) in [6, 6.07) is 10.4. The average Bonchev–Trinajstić information content (AvgIpc) is 2.66. The summed E-state index contributed by atoms with van der Waals surface area (Å²) in [7, 11) is 1.94. The lowest BCUT2D eigenvalue weighted by molar-refractivity contribution is 0.883. The van der Waals surface area contributed by atoms with Crippen LogP contribution in [0.25, 0.3) is 11.4 Å². The Morgan fingerprint density at radius 2 is 1.94 bits per heavy atom. The van der Waals surface area contributed by atoms with Gasteiger partial charge in [-0.25, -0.2) is 4.98 Å². The maximum atomic E-state index is 8.96. The molecule has 0 aliphatic carbocycles. The molecule has 0 saturated heterocycles. The van der Waals surface area contributed by atoms with Crippen LogP contribution in [0.2, 0.25) is 0 Å². The Balaban J connectivity index is 2.50. The second-order valence-electron chi connectivity index (χ2n) is 4.09. The predicted octanol–water partition coefficient (Wildman–Crippen LogP) is 2.83. The van der Waals surface area contributed by atoms with Crippen LogP contribution in [-0.2, 0) is 13.5 Å². The number of nitrogens with zero attached hydrogens (tertiary/aromatic N) is 3. The molecule has 1 aromatic heterocycles. The van der Waals surface area contributed by atoms with Crippen molar-refractivity contribution in [2.75, 3.05) is 0 Å². The topological polar surface area (TPSA) is 41.6 Å². The van der Waals surface area contributed by atoms with E-state index in [0.717, 1.165) is 23.5 Å². The fraction of sp³-hybridized carbons (Fsp3) is 0.286. The zero-order valence-corrected chi connectivity index (χ0v) is 10.4. The third kappa shape index (κ3) is 1.94. The van der Waals surface area contributed by atoms with Crippen molar-refractivity contribution < 1.29 is 0 Å². The number of hydrogen-bond donors (Lipinski definition) is 0. The number of imidazole rings is 1. The highest BCUT2D eigenvalue weighted by atomic mass is 15.1. The zero-order valence-electron chi connectivity index (χ0n) is 10.4. The van der Waals surface area contributed by atoms with Gasteiger partial charge in [0, 0.05) is 12.6 Å². The Morgan fingerprint density at radius 1 is 1.29 bits per heavy atom. The molecule has 0 fully saturated rings. The Labute approximate surface area is 101 Å². The van der Waals surface area contributed by atoms with Crippen LogP contribution in [0.4, 0.5) is 0 Å². The van der Waals surface area contributed by atoms with Gasteiger partial charge in [0.15, 0.2) is 5.69 Å². The highest BCUT2D eigenvalue weighted by Gasteiger charge is 2.11. The maximum absolute atomic E-state index is 8.96. The molecular formula is C14H15N3. The molecule has 1 heterocycles. The van der Waals surface area contributed by atoms with Crippen molar-refractivity contribution in [1.29, 1.82) is 5.26 Å². The van der Waals surface area contributed by atoms with E-state index < -0.39 is 0 Å². The van der Waals surface area contributed by atoms with Crippen molar-refractivity contribution in [3.8, 4) is 17.5 Å². The number of aryl methyl sites for hydroxylation is 1. The Bertz CT molecular complexity index is 571. The first-order valence-corrected chi connectivity index (χ1v) is 5.70. The normalized spacial score (nSPS) is 10.2. The van der Waals surface area contributed by atoms with Crippen LogP contribution in [0, 0.1) is 18.3 Å². The molecule has 0 N–H and O–H groups in total. The molecule has 0 aliphatic rings. The monoisotopic (exact) mass is 225 g/mol. The molecule has 1 aromatic carbocycles. The minimum atomic E-state index is 0.502. The largest absolute Gasteiger partial charge is 0.330 e. The van der Waals surface area contributed by atoms with E-state index in [9.17, 15) is 0 Å². The molecule has 0 radical (unpaired) electrons. The van der Waals surface area contributed by atoms with E-state index in [-0.39, 0.29) is 0 Å². The zero-order chi connectivity index (χ0) is 12.4. The third-order valence-electron chi connectivity index (χ3n) is 3.11. The summed E-state index contributed by atoms with van der Waals surface area (Å²) < 4.78 is 1.96. The smallest absolute Gasteiger partial charge is 0.162 e. The maximum Gasteiger partial charge on any atom is 0.162 e. The molecule has 0 spiro atoms. The molecular weight excluding hydrogens is 210 g/mol. The average molecular weight is 225 g/mol. The number of hydrogen-bond acceptors (Lipinski definition) is 2. The summed E-state index contributed by atoms with van der Waals surface area (Å²) >= 11 is 0. The van der Waals surface area contributed by atoms with Crippen LogP contribution < -0.4 is 0 Å². The Hall–Kier alpha value is -2.08. The minimum absolute atomic E-state index is 0.502. The lowest BCUT2D eigenvalue weighted by atomic mass is 10.1. The highest BCUT2D eigenvalue weighted by molar-refractivity contribution is 5.58. The van der Waals surface area contributed by atoms with Crippen LogP contribution >= 0.6 is 0 Å². The first kappa shape index (κ1) is 11.4. The summed E-state index contributed by atoms with van der Waals surface area (Å²) in [5.74, 6) is 0.849. The fourth-order valence-corrected chi connectivity index (χ4v) is 1.83. The highest BCUT2D eigenvalue weighted by Crippen LogP contribution is 2.21. The van der Waals surface area contributed by atoms with Crippen molar-refractivity contribution in [3.63, 3.8) is 0 Å². The van der Waals surface area contributed by atoms with Crippen molar-refractivity contribution in [2.45, 2.75) is 20.3 Å². The second kappa shape index (κ2) is 4.42. The van der Waals surface area contributed by atoms with Gasteiger partial charge >= 0.3 is 0 Å². The van der Waals surface area contributed by atoms with Gasteiger partial charge < -0.3 is 4.57 Å². The fourth-order valence-electron chi connectivity index (χ4n) is 1.83. The quantitative estimate of drug-likeness (QED) is 0.788. The van der Waals surface area contributed by atoms with E-state index in [2.05, 4.69) is 42.2 Å². The first-order valence-electron chi connectivity index (χ1n) is 5.70. The van der Waals surface area contributed by atoms with E-state index in [1.165, 1.54) is 5.56 Å². The van der Waals surface area contributed by atoms with E-state index in [1.54, 1.807) is 0 Å². The molecule has 17 heavy (non-hydrogen) atoms. The van der Waals surface area contributed by atoms with E-state index in [0.29, 0.717) is 5.69 Å². The Kier molecular flexibility index (Phi) is 2.97. The van der Waals surface area contributed by atoms with Crippen LogP contribution in [0.5, 0.6) is 0 Å². The van der Waals surface area contributed by atoms with Gasteiger partial charge in [-0.2, -0.15) is 5.26 Å². The first-order chi connectivity index (χ1) is 8.17. The number of nitriles is 1. The van der Waals surface area contributed by atoms with E-state index >= 15 is 0 Å². The molecule has 0 saturated carbocycles. The molecule has 0 bridgehead atoms. The van der Waals surface area contributed by atoms with Crippen LogP contribution in [-0.4, -0.2) is 9.55 Å². The van der Waals surface area contributed by atoms with Crippen LogP contribution in [0.1, 0.15) is 23.9 Å². The van der Waals surface area contributed by atoms with Crippen LogP contribution in [0.3, 0.4) is 0 Å². The van der Waals surface area contributed by atoms with Crippen molar-refractivity contribution in [3.05, 3.63) is 41.2 Å². The van der Waals surface area contributed by atoms with Gasteiger partial charge in [-0.15, -0.1) is 0 Å². The number of aromatic nitrogens is 2. The van der Waals surface area contributed by atoms with Crippen molar-refractivity contribution >= 4 is 0 Å². The van der Waals surface area contributed by atoms with Crippen molar-refractivity contribution in [1.82, 2.24) is 9.55 Å². The van der Waals surface area contributed by atoms with Gasteiger partial charge in [0.05, 0.1) is 5.69 Å². The predicted molar refractivity (Wildman–Crippen MR) is 67.5 cm³/mol. The van der Waals surface area contributed by atoms with Gasteiger partial charge in [-0.3, -0.25) is 0 Å². The molecule has 0 amide bonds. The van der Waals surface area contributed by atoms with E-state index in [4.69, 9.17) is 5.26 Å². The molecule has 3 nitrogen and oxygen atoms in total. The van der Waals surface area contributed by atoms with Gasteiger partial charge in [-0.1, -0.05) is 31.2 Å². The molecule has 2 aromatic rings. The minimum Gasteiger partial charge on any atom is -0.330 e. The number of rotatable bonds is 2. The van der Waals surface area contributed by atoms with Crippen LogP contribution in [0.15, 0.2) is 24.3 Å². The van der Waals surface area contributed by atoms with Gasteiger partial charge in [0.25, 0.3) is 0 Å². The van der Waals surface area contributed by atoms with Gasteiger partial charge in [0.2, 0.25) is 0 Å². The SMILES string of the molecule is CCc1ccc(-c2nc(C#N)c(C)n2C)cc1. The molecule has 0 aliphatic heterocycles. The number of benzene rings is 1. The summed E-state index contributed by atoms with van der Waals surface area (Å²) in [6.45, 7) is 4.04. The van der Waals surface area contributed by atoms with Crippen molar-refractivity contribution in [2.24, 2.45) is 7.05 Å². The molecule has 2 rings (SSSR count). The Morgan fingerprint density at radius 3 is 2.41 bits per heavy atom. The van der Waals surface area contributed by atoms with Gasteiger partial charge in [-0.05, 0) is 18.9 Å². The van der Waals surface area contributed by atoms with E-state index in [1.807, 2.05) is 18.5 Å². The molecule has 3 heteroatoms. The summed E-state index contributed by atoms with van der Waals surface area (Å²) in [5, 5.41) is 8.96. The lowest BCUT2D eigenvalue weighted by Gasteiger charge is -2.04. The molecule has 86 valence electrons. The van der Waals surface area contributed by atoms with Gasteiger partial charge in [0.1, 0.15) is 11.9 Å².